The summed E-state index contributed by atoms with van der Waals surface area (Å²) in [6, 6.07) is 2.01. The molecule has 0 spiro atoms. The van der Waals surface area contributed by atoms with Gasteiger partial charge in [0.2, 0.25) is 0 Å². The van der Waals surface area contributed by atoms with Crippen molar-refractivity contribution in [1.29, 1.82) is 0 Å². The molecular formula is C15H26N4. The summed E-state index contributed by atoms with van der Waals surface area (Å²) in [7, 11) is 0. The zero-order valence-electron chi connectivity index (χ0n) is 12.6. The number of nitrogens with one attached hydrogen (secondary N) is 2. The van der Waals surface area contributed by atoms with Crippen LogP contribution in [0.1, 0.15) is 45.9 Å². The molecule has 1 aliphatic rings. The summed E-state index contributed by atoms with van der Waals surface area (Å²) in [5, 5.41) is 6.82. The highest BCUT2D eigenvalue weighted by molar-refractivity contribution is 5.47. The Morgan fingerprint density at radius 2 is 1.84 bits per heavy atom. The molecule has 0 amide bonds. The summed E-state index contributed by atoms with van der Waals surface area (Å²) >= 11 is 0. The second-order valence-electron chi connectivity index (χ2n) is 5.98. The van der Waals surface area contributed by atoms with Gasteiger partial charge >= 0.3 is 0 Å². The molecule has 1 aromatic rings. The van der Waals surface area contributed by atoms with Crippen molar-refractivity contribution in [1.82, 2.24) is 9.97 Å². The molecule has 0 saturated heterocycles. The third-order valence-electron chi connectivity index (χ3n) is 4.13. The molecule has 1 aliphatic carbocycles. The van der Waals surface area contributed by atoms with Crippen molar-refractivity contribution >= 4 is 11.6 Å². The molecule has 0 radical (unpaired) electrons. The normalized spacial score (nSPS) is 16.5. The van der Waals surface area contributed by atoms with E-state index in [9.17, 15) is 0 Å². The van der Waals surface area contributed by atoms with Gasteiger partial charge in [0.1, 0.15) is 17.5 Å². The van der Waals surface area contributed by atoms with Gasteiger partial charge in [0.05, 0.1) is 0 Å². The summed E-state index contributed by atoms with van der Waals surface area (Å²) < 4.78 is 0. The van der Waals surface area contributed by atoms with Crippen molar-refractivity contribution in [2.24, 2.45) is 11.3 Å². The lowest BCUT2D eigenvalue weighted by molar-refractivity contribution is 0.380. The van der Waals surface area contributed by atoms with Gasteiger partial charge in [-0.1, -0.05) is 20.8 Å². The van der Waals surface area contributed by atoms with Gasteiger partial charge in [-0.2, -0.15) is 0 Å². The molecular weight excluding hydrogens is 236 g/mol. The molecule has 0 atom stereocenters. The summed E-state index contributed by atoms with van der Waals surface area (Å²) in [6.45, 7) is 10.7. The Morgan fingerprint density at radius 3 is 2.37 bits per heavy atom. The highest BCUT2D eigenvalue weighted by Crippen LogP contribution is 2.51. The van der Waals surface area contributed by atoms with Crippen molar-refractivity contribution in [2.45, 2.75) is 47.0 Å². The lowest BCUT2D eigenvalue weighted by Gasteiger charge is -2.20. The highest BCUT2D eigenvalue weighted by Gasteiger charge is 2.44. The third kappa shape index (κ3) is 3.58. The van der Waals surface area contributed by atoms with E-state index < -0.39 is 0 Å². The van der Waals surface area contributed by atoms with Crippen molar-refractivity contribution in [2.75, 3.05) is 23.7 Å². The Kier molecular flexibility index (Phi) is 4.27. The van der Waals surface area contributed by atoms with Crippen LogP contribution in [-0.4, -0.2) is 23.1 Å². The number of hydrogen-bond acceptors (Lipinski definition) is 4. The van der Waals surface area contributed by atoms with Crippen LogP contribution in [0.25, 0.3) is 0 Å². The predicted octanol–water partition coefficient (Wildman–Crippen LogP) is 3.46. The maximum atomic E-state index is 4.47. The second kappa shape index (κ2) is 5.76. The van der Waals surface area contributed by atoms with E-state index in [-0.39, 0.29) is 0 Å². The molecule has 106 valence electrons. The lowest BCUT2D eigenvalue weighted by atomic mass is 9.92. The minimum atomic E-state index is 0.496. The van der Waals surface area contributed by atoms with E-state index in [1.54, 1.807) is 0 Å². The average Bonchev–Trinajstić information content (AvgIpc) is 3.14. The van der Waals surface area contributed by atoms with Gasteiger partial charge < -0.3 is 10.6 Å². The van der Waals surface area contributed by atoms with Crippen LogP contribution in [0.3, 0.4) is 0 Å². The van der Waals surface area contributed by atoms with Crippen molar-refractivity contribution in [3.8, 4) is 0 Å². The SMILES string of the molecule is CCCNc1cc(NCC2(C(C)C)CC2)nc(C)n1. The third-order valence-corrected chi connectivity index (χ3v) is 4.13. The quantitative estimate of drug-likeness (QED) is 0.790. The smallest absolute Gasteiger partial charge is 0.131 e. The number of aryl methyl sites for hydroxylation is 1. The lowest BCUT2D eigenvalue weighted by Crippen LogP contribution is -2.21. The molecule has 2 rings (SSSR count). The Morgan fingerprint density at radius 1 is 1.21 bits per heavy atom. The van der Waals surface area contributed by atoms with E-state index in [4.69, 9.17) is 0 Å². The minimum absolute atomic E-state index is 0.496. The summed E-state index contributed by atoms with van der Waals surface area (Å²) in [5.41, 5.74) is 0.496. The average molecular weight is 262 g/mol. The van der Waals surface area contributed by atoms with Crippen molar-refractivity contribution in [3.05, 3.63) is 11.9 Å². The maximum Gasteiger partial charge on any atom is 0.131 e. The predicted molar refractivity (Wildman–Crippen MR) is 80.5 cm³/mol. The maximum absolute atomic E-state index is 4.47. The van der Waals surface area contributed by atoms with Crippen LogP contribution in [0.2, 0.25) is 0 Å². The molecule has 0 aliphatic heterocycles. The van der Waals surface area contributed by atoms with Gasteiger partial charge in [0, 0.05) is 19.2 Å². The van der Waals surface area contributed by atoms with E-state index in [1.165, 1.54) is 12.8 Å². The van der Waals surface area contributed by atoms with E-state index in [1.807, 2.05) is 13.0 Å². The number of nitrogens with zero attached hydrogens (tertiary/aromatic N) is 2. The van der Waals surface area contributed by atoms with Gasteiger partial charge in [-0.05, 0) is 37.5 Å². The number of hydrogen-bond donors (Lipinski definition) is 2. The topological polar surface area (TPSA) is 49.8 Å². The van der Waals surface area contributed by atoms with Crippen LogP contribution in [0.5, 0.6) is 0 Å². The fraction of sp³-hybridized carbons (Fsp3) is 0.733. The zero-order chi connectivity index (χ0) is 13.9. The van der Waals surface area contributed by atoms with E-state index in [0.29, 0.717) is 5.41 Å². The first kappa shape index (κ1) is 14.1. The molecule has 4 heteroatoms. The van der Waals surface area contributed by atoms with Crippen molar-refractivity contribution < 1.29 is 0 Å². The molecule has 1 saturated carbocycles. The first-order valence-electron chi connectivity index (χ1n) is 7.39. The standard InChI is InChI=1S/C15H26N4/c1-5-8-16-13-9-14(19-12(4)18-13)17-10-15(6-7-15)11(2)3/h9,11H,5-8,10H2,1-4H3,(H2,16,17,18,19). The molecule has 4 nitrogen and oxygen atoms in total. The Labute approximate surface area is 116 Å². The molecule has 19 heavy (non-hydrogen) atoms. The second-order valence-corrected chi connectivity index (χ2v) is 5.98. The van der Waals surface area contributed by atoms with Gasteiger partial charge in [-0.15, -0.1) is 0 Å². The van der Waals surface area contributed by atoms with Gasteiger partial charge in [-0.3, -0.25) is 0 Å². The van der Waals surface area contributed by atoms with Crippen LogP contribution in [0.4, 0.5) is 11.6 Å². The van der Waals surface area contributed by atoms with Crippen LogP contribution in [0.15, 0.2) is 6.07 Å². The first-order valence-corrected chi connectivity index (χ1v) is 7.39. The van der Waals surface area contributed by atoms with Crippen LogP contribution < -0.4 is 10.6 Å². The molecule has 1 aromatic heterocycles. The van der Waals surface area contributed by atoms with Gasteiger partial charge in [-0.25, -0.2) is 9.97 Å². The van der Waals surface area contributed by atoms with Crippen LogP contribution >= 0.6 is 0 Å². The summed E-state index contributed by atoms with van der Waals surface area (Å²) in [6.07, 6.45) is 3.77. The zero-order valence-corrected chi connectivity index (χ0v) is 12.6. The Balaban J connectivity index is 1.98. The first-order chi connectivity index (χ1) is 9.05. The summed E-state index contributed by atoms with van der Waals surface area (Å²) in [5.74, 6) is 3.42. The number of anilines is 2. The molecule has 1 fully saturated rings. The van der Waals surface area contributed by atoms with Crippen LogP contribution in [-0.2, 0) is 0 Å². The molecule has 1 heterocycles. The highest BCUT2D eigenvalue weighted by atomic mass is 15.1. The Bertz CT molecular complexity index is 424. The number of aromatic nitrogens is 2. The number of rotatable bonds is 7. The summed E-state index contributed by atoms with van der Waals surface area (Å²) in [4.78, 5) is 8.87. The van der Waals surface area contributed by atoms with Crippen LogP contribution in [0, 0.1) is 18.3 Å². The van der Waals surface area contributed by atoms with E-state index in [0.717, 1.165) is 42.9 Å². The molecule has 0 bridgehead atoms. The fourth-order valence-corrected chi connectivity index (χ4v) is 2.39. The van der Waals surface area contributed by atoms with E-state index in [2.05, 4.69) is 41.4 Å². The van der Waals surface area contributed by atoms with Crippen molar-refractivity contribution in [3.63, 3.8) is 0 Å². The molecule has 0 aromatic carbocycles. The minimum Gasteiger partial charge on any atom is -0.370 e. The monoisotopic (exact) mass is 262 g/mol. The van der Waals surface area contributed by atoms with E-state index >= 15 is 0 Å². The fourth-order valence-electron chi connectivity index (χ4n) is 2.39. The van der Waals surface area contributed by atoms with Gasteiger partial charge in [0.25, 0.3) is 0 Å². The molecule has 0 unspecified atom stereocenters. The van der Waals surface area contributed by atoms with Gasteiger partial charge in [0.15, 0.2) is 0 Å². The Hall–Kier alpha value is -1.32. The largest absolute Gasteiger partial charge is 0.370 e. The molecule has 2 N–H and O–H groups in total.